The maximum Gasteiger partial charge on any atom is 0.454 e. The molecule has 2 N–H and O–H groups in total. The lowest BCUT2D eigenvalue weighted by Gasteiger charge is -2.25. The van der Waals surface area contributed by atoms with Gasteiger partial charge in [-0.3, -0.25) is 0 Å². The second-order valence-electron chi connectivity index (χ2n) is 3.52. The largest absolute Gasteiger partial charge is 0.454 e. The molecular weight excluding hydrogens is 179 g/mol. The molecule has 0 saturated heterocycles. The Hall–Kier alpha value is -0.835. The normalized spacial score (nSPS) is 20.3. The van der Waals surface area contributed by atoms with E-state index in [-0.39, 0.29) is 12.4 Å². The SMILES string of the molecule is OB(O)CC1OCCc2ccccc21. The molecule has 0 aromatic heterocycles. The van der Waals surface area contributed by atoms with Crippen LogP contribution in [0.1, 0.15) is 17.2 Å². The van der Waals surface area contributed by atoms with Gasteiger partial charge in [-0.1, -0.05) is 24.3 Å². The van der Waals surface area contributed by atoms with Gasteiger partial charge in [0.15, 0.2) is 0 Å². The van der Waals surface area contributed by atoms with Crippen molar-refractivity contribution < 1.29 is 14.8 Å². The predicted molar refractivity (Wildman–Crippen MR) is 53.8 cm³/mol. The van der Waals surface area contributed by atoms with Crippen LogP contribution in [0.3, 0.4) is 0 Å². The van der Waals surface area contributed by atoms with E-state index in [9.17, 15) is 0 Å². The van der Waals surface area contributed by atoms with Crippen LogP contribution >= 0.6 is 0 Å². The molecule has 1 aromatic carbocycles. The van der Waals surface area contributed by atoms with Gasteiger partial charge in [-0.25, -0.2) is 0 Å². The lowest BCUT2D eigenvalue weighted by Crippen LogP contribution is -2.22. The van der Waals surface area contributed by atoms with Crippen LogP contribution in [0.5, 0.6) is 0 Å². The van der Waals surface area contributed by atoms with Crippen molar-refractivity contribution in [3.63, 3.8) is 0 Å². The van der Waals surface area contributed by atoms with Gasteiger partial charge in [0.2, 0.25) is 0 Å². The summed E-state index contributed by atoms with van der Waals surface area (Å²) in [7, 11) is -1.30. The first kappa shape index (κ1) is 9.71. The van der Waals surface area contributed by atoms with Gasteiger partial charge in [-0.15, -0.1) is 0 Å². The summed E-state index contributed by atoms with van der Waals surface area (Å²) < 4.78 is 5.50. The van der Waals surface area contributed by atoms with Gasteiger partial charge >= 0.3 is 7.12 Å². The van der Waals surface area contributed by atoms with Crippen LogP contribution in [0.2, 0.25) is 6.32 Å². The van der Waals surface area contributed by atoms with Crippen molar-refractivity contribution in [1.82, 2.24) is 0 Å². The molecule has 0 saturated carbocycles. The number of rotatable bonds is 2. The summed E-state index contributed by atoms with van der Waals surface area (Å²) in [4.78, 5) is 0. The summed E-state index contributed by atoms with van der Waals surface area (Å²) >= 11 is 0. The van der Waals surface area contributed by atoms with Crippen molar-refractivity contribution in [2.24, 2.45) is 0 Å². The van der Waals surface area contributed by atoms with E-state index in [0.717, 1.165) is 12.0 Å². The van der Waals surface area contributed by atoms with Gasteiger partial charge in [-0.05, 0) is 17.5 Å². The second-order valence-corrected chi connectivity index (χ2v) is 3.52. The zero-order chi connectivity index (χ0) is 9.97. The highest BCUT2D eigenvalue weighted by molar-refractivity contribution is 6.41. The Morgan fingerprint density at radius 3 is 2.93 bits per heavy atom. The minimum Gasteiger partial charge on any atom is -0.427 e. The average molecular weight is 192 g/mol. The van der Waals surface area contributed by atoms with Gasteiger partial charge in [-0.2, -0.15) is 0 Å². The van der Waals surface area contributed by atoms with Gasteiger partial charge in [0, 0.05) is 6.32 Å². The molecule has 1 unspecified atom stereocenters. The fraction of sp³-hybridized carbons (Fsp3) is 0.400. The van der Waals surface area contributed by atoms with E-state index in [4.69, 9.17) is 14.8 Å². The summed E-state index contributed by atoms with van der Waals surface area (Å²) in [5.41, 5.74) is 2.34. The minimum atomic E-state index is -1.30. The fourth-order valence-corrected chi connectivity index (χ4v) is 1.86. The predicted octanol–water partition coefficient (Wildman–Crippen LogP) is 0.773. The molecule has 1 aliphatic rings. The Morgan fingerprint density at radius 1 is 1.36 bits per heavy atom. The Morgan fingerprint density at radius 2 is 2.14 bits per heavy atom. The van der Waals surface area contributed by atoms with Crippen LogP contribution < -0.4 is 0 Å². The highest BCUT2D eigenvalue weighted by Gasteiger charge is 2.24. The summed E-state index contributed by atoms with van der Waals surface area (Å²) in [6.45, 7) is 0.661. The Labute approximate surface area is 83.5 Å². The summed E-state index contributed by atoms with van der Waals surface area (Å²) in [6, 6.07) is 8.00. The standard InChI is InChI=1S/C10H13BO3/c12-11(13)7-10-9-4-2-1-3-8(9)5-6-14-10/h1-4,10,12-13H,5-7H2. The Balaban J connectivity index is 2.22. The first-order valence-corrected chi connectivity index (χ1v) is 4.83. The molecule has 1 aliphatic heterocycles. The molecule has 0 bridgehead atoms. The molecule has 2 rings (SSSR count). The monoisotopic (exact) mass is 192 g/mol. The number of benzene rings is 1. The lowest BCUT2D eigenvalue weighted by molar-refractivity contribution is 0.0512. The van der Waals surface area contributed by atoms with Gasteiger partial charge in [0.25, 0.3) is 0 Å². The van der Waals surface area contributed by atoms with Crippen LogP contribution in [-0.2, 0) is 11.2 Å². The van der Waals surface area contributed by atoms with Crippen molar-refractivity contribution in [1.29, 1.82) is 0 Å². The summed E-state index contributed by atoms with van der Waals surface area (Å²) in [5, 5.41) is 17.8. The highest BCUT2D eigenvalue weighted by atomic mass is 16.5. The second kappa shape index (κ2) is 4.13. The molecule has 4 heteroatoms. The topological polar surface area (TPSA) is 49.7 Å². The number of ether oxygens (including phenoxy) is 1. The molecule has 1 heterocycles. The lowest BCUT2D eigenvalue weighted by atomic mass is 9.79. The maximum atomic E-state index is 8.91. The van der Waals surface area contributed by atoms with Gasteiger partial charge < -0.3 is 14.8 Å². The zero-order valence-electron chi connectivity index (χ0n) is 7.89. The van der Waals surface area contributed by atoms with Crippen LogP contribution in [0.15, 0.2) is 24.3 Å². The van der Waals surface area contributed by atoms with E-state index < -0.39 is 7.12 Å². The van der Waals surface area contributed by atoms with Crippen molar-refractivity contribution in [3.8, 4) is 0 Å². The molecule has 1 atom stereocenters. The van der Waals surface area contributed by atoms with E-state index in [2.05, 4.69) is 6.07 Å². The van der Waals surface area contributed by atoms with Gasteiger partial charge in [0.1, 0.15) is 0 Å². The molecule has 0 spiro atoms. The van der Waals surface area contributed by atoms with Crippen molar-refractivity contribution >= 4 is 7.12 Å². The fourth-order valence-electron chi connectivity index (χ4n) is 1.86. The molecule has 0 fully saturated rings. The molecule has 3 nitrogen and oxygen atoms in total. The third-order valence-corrected chi connectivity index (χ3v) is 2.52. The van der Waals surface area contributed by atoms with E-state index >= 15 is 0 Å². The van der Waals surface area contributed by atoms with E-state index in [1.54, 1.807) is 0 Å². The quantitative estimate of drug-likeness (QED) is 0.680. The minimum absolute atomic E-state index is 0.167. The zero-order valence-corrected chi connectivity index (χ0v) is 7.89. The molecule has 0 aliphatic carbocycles. The third-order valence-electron chi connectivity index (χ3n) is 2.52. The smallest absolute Gasteiger partial charge is 0.427 e. The van der Waals surface area contributed by atoms with Crippen LogP contribution in [0, 0.1) is 0 Å². The van der Waals surface area contributed by atoms with Crippen LogP contribution in [0.4, 0.5) is 0 Å². The third kappa shape index (κ3) is 1.98. The Bertz CT molecular complexity index is 314. The molecule has 0 radical (unpaired) electrons. The van der Waals surface area contributed by atoms with E-state index in [1.807, 2.05) is 18.2 Å². The van der Waals surface area contributed by atoms with Crippen molar-refractivity contribution in [3.05, 3.63) is 35.4 Å². The van der Waals surface area contributed by atoms with E-state index in [0.29, 0.717) is 6.61 Å². The van der Waals surface area contributed by atoms with Crippen LogP contribution in [-0.4, -0.2) is 23.8 Å². The van der Waals surface area contributed by atoms with Crippen LogP contribution in [0.25, 0.3) is 0 Å². The van der Waals surface area contributed by atoms with E-state index in [1.165, 1.54) is 5.56 Å². The summed E-state index contributed by atoms with van der Waals surface area (Å²) in [6.07, 6.45) is 0.991. The number of hydrogen-bond acceptors (Lipinski definition) is 3. The number of hydrogen-bond donors (Lipinski definition) is 2. The summed E-state index contributed by atoms with van der Waals surface area (Å²) in [5.74, 6) is 0. The molecular formula is C10H13BO3. The van der Waals surface area contributed by atoms with Crippen molar-refractivity contribution in [2.45, 2.75) is 18.8 Å². The first-order valence-electron chi connectivity index (χ1n) is 4.83. The first-order chi connectivity index (χ1) is 6.77. The molecule has 74 valence electrons. The maximum absolute atomic E-state index is 8.91. The molecule has 14 heavy (non-hydrogen) atoms. The van der Waals surface area contributed by atoms with Gasteiger partial charge in [0.05, 0.1) is 12.7 Å². The molecule has 0 amide bonds. The molecule has 1 aromatic rings. The highest BCUT2D eigenvalue weighted by Crippen LogP contribution is 2.29. The van der Waals surface area contributed by atoms with Crippen molar-refractivity contribution in [2.75, 3.05) is 6.61 Å². The average Bonchev–Trinajstić information content (AvgIpc) is 2.18. The number of fused-ring (bicyclic) bond motifs is 1. The Kier molecular flexibility index (Phi) is 2.86.